The van der Waals surface area contributed by atoms with Gasteiger partial charge in [-0.05, 0) is 43.1 Å². The van der Waals surface area contributed by atoms with Crippen LogP contribution in [0.2, 0.25) is 0 Å². The van der Waals surface area contributed by atoms with Crippen LogP contribution >= 0.6 is 0 Å². The van der Waals surface area contributed by atoms with Crippen molar-refractivity contribution >= 4 is 33.7 Å². The number of nitrogens with zero attached hydrogens (tertiary/aromatic N) is 2. The summed E-state index contributed by atoms with van der Waals surface area (Å²) in [5.41, 5.74) is 3.28. The van der Waals surface area contributed by atoms with Gasteiger partial charge in [-0.15, -0.1) is 0 Å². The number of ether oxygens (including phenoxy) is 1. The van der Waals surface area contributed by atoms with Crippen LogP contribution in [-0.4, -0.2) is 47.7 Å². The van der Waals surface area contributed by atoms with Crippen molar-refractivity contribution in [1.82, 2.24) is 20.3 Å². The second-order valence-electron chi connectivity index (χ2n) is 7.99. The number of carbonyl (C=O) groups is 1. The Balaban J connectivity index is 1.58. The van der Waals surface area contributed by atoms with Gasteiger partial charge >= 0.3 is 5.97 Å². The van der Waals surface area contributed by atoms with Crippen LogP contribution in [0.25, 0.3) is 21.9 Å². The third kappa shape index (κ3) is 3.96. The maximum atomic E-state index is 12.0. The van der Waals surface area contributed by atoms with E-state index in [0.29, 0.717) is 17.9 Å². The molecular formula is C24H25N5O2. The number of anilines is 1. The molecule has 1 unspecified atom stereocenters. The number of aromatic amines is 1. The summed E-state index contributed by atoms with van der Waals surface area (Å²) in [5, 5.41) is 8.93. The monoisotopic (exact) mass is 415 g/mol. The summed E-state index contributed by atoms with van der Waals surface area (Å²) in [6.07, 6.45) is 1.81. The van der Waals surface area contributed by atoms with Crippen molar-refractivity contribution in [2.45, 2.75) is 12.8 Å². The highest BCUT2D eigenvalue weighted by Gasteiger charge is 2.19. The number of rotatable bonds is 6. The van der Waals surface area contributed by atoms with Crippen molar-refractivity contribution in [3.8, 4) is 0 Å². The van der Waals surface area contributed by atoms with Crippen LogP contribution in [0.4, 0.5) is 5.82 Å². The zero-order chi connectivity index (χ0) is 21.2. The minimum absolute atomic E-state index is 0.358. The van der Waals surface area contributed by atoms with E-state index in [1.54, 1.807) is 6.07 Å². The topological polar surface area (TPSA) is 91.9 Å². The fourth-order valence-corrected chi connectivity index (χ4v) is 4.21. The maximum absolute atomic E-state index is 12.0. The van der Waals surface area contributed by atoms with E-state index < -0.39 is 0 Å². The lowest BCUT2D eigenvalue weighted by Gasteiger charge is -2.13. The molecule has 31 heavy (non-hydrogen) atoms. The average molecular weight is 415 g/mol. The van der Waals surface area contributed by atoms with Crippen molar-refractivity contribution in [2.24, 2.45) is 5.92 Å². The maximum Gasteiger partial charge on any atom is 0.337 e. The van der Waals surface area contributed by atoms with E-state index in [0.717, 1.165) is 65.2 Å². The fourth-order valence-electron chi connectivity index (χ4n) is 4.21. The van der Waals surface area contributed by atoms with Gasteiger partial charge in [-0.2, -0.15) is 0 Å². The molecule has 0 amide bonds. The smallest absolute Gasteiger partial charge is 0.337 e. The average Bonchev–Trinajstić information content (AvgIpc) is 3.44. The largest absolute Gasteiger partial charge is 0.465 e. The van der Waals surface area contributed by atoms with Crippen molar-refractivity contribution < 1.29 is 9.53 Å². The van der Waals surface area contributed by atoms with Crippen LogP contribution in [0.1, 0.15) is 28.2 Å². The number of carbonyl (C=O) groups excluding carboxylic acids is 1. The summed E-state index contributed by atoms with van der Waals surface area (Å²) in [6.45, 7) is 2.94. The van der Waals surface area contributed by atoms with Gasteiger partial charge in [0, 0.05) is 23.9 Å². The Morgan fingerprint density at radius 3 is 2.84 bits per heavy atom. The lowest BCUT2D eigenvalue weighted by Crippen LogP contribution is -2.18. The van der Waals surface area contributed by atoms with Gasteiger partial charge in [0.1, 0.15) is 17.3 Å². The van der Waals surface area contributed by atoms with Crippen molar-refractivity contribution in [2.75, 3.05) is 32.1 Å². The van der Waals surface area contributed by atoms with Crippen LogP contribution in [0.5, 0.6) is 0 Å². The van der Waals surface area contributed by atoms with E-state index in [2.05, 4.69) is 27.8 Å². The number of methoxy groups -OCH3 is 1. The molecule has 1 aliphatic rings. The lowest BCUT2D eigenvalue weighted by atomic mass is 10.1. The Morgan fingerprint density at radius 2 is 2.06 bits per heavy atom. The highest BCUT2D eigenvalue weighted by molar-refractivity contribution is 6.12. The SMILES string of the molecule is COC(=O)c1ccc2c(c1)[nH]c1nc(Cc3ccccc3)nc(NCC3CCNC3)c12. The minimum Gasteiger partial charge on any atom is -0.465 e. The Kier molecular flexibility index (Phi) is 5.26. The summed E-state index contributed by atoms with van der Waals surface area (Å²) in [6, 6.07) is 15.7. The zero-order valence-corrected chi connectivity index (χ0v) is 17.4. The second-order valence-corrected chi connectivity index (χ2v) is 7.99. The molecule has 7 heteroatoms. The summed E-state index contributed by atoms with van der Waals surface area (Å²) in [4.78, 5) is 25.1. The zero-order valence-electron chi connectivity index (χ0n) is 17.4. The quantitative estimate of drug-likeness (QED) is 0.418. The molecule has 3 N–H and O–H groups in total. The van der Waals surface area contributed by atoms with E-state index in [4.69, 9.17) is 14.7 Å². The molecule has 0 aliphatic carbocycles. The molecule has 0 saturated carbocycles. The number of H-pyrrole nitrogens is 1. The first-order valence-corrected chi connectivity index (χ1v) is 10.6. The van der Waals surface area contributed by atoms with Crippen LogP contribution in [0.3, 0.4) is 0 Å². The van der Waals surface area contributed by atoms with Gasteiger partial charge in [-0.1, -0.05) is 36.4 Å². The molecular weight excluding hydrogens is 390 g/mol. The Labute approximate surface area is 180 Å². The van der Waals surface area contributed by atoms with Crippen LogP contribution in [0.15, 0.2) is 48.5 Å². The molecule has 7 nitrogen and oxygen atoms in total. The number of aromatic nitrogens is 3. The van der Waals surface area contributed by atoms with Gasteiger partial charge in [-0.25, -0.2) is 14.8 Å². The third-order valence-electron chi connectivity index (χ3n) is 5.84. The number of hydrogen-bond acceptors (Lipinski definition) is 6. The molecule has 1 atom stereocenters. The first-order chi connectivity index (χ1) is 15.2. The molecule has 2 aromatic carbocycles. The lowest BCUT2D eigenvalue weighted by molar-refractivity contribution is 0.0601. The third-order valence-corrected chi connectivity index (χ3v) is 5.84. The molecule has 0 spiro atoms. The highest BCUT2D eigenvalue weighted by Crippen LogP contribution is 2.31. The van der Waals surface area contributed by atoms with E-state index in [1.807, 2.05) is 30.3 Å². The first-order valence-electron chi connectivity index (χ1n) is 10.6. The molecule has 0 bridgehead atoms. The molecule has 158 valence electrons. The number of benzene rings is 2. The van der Waals surface area contributed by atoms with Crippen molar-refractivity contribution in [1.29, 1.82) is 0 Å². The summed E-state index contributed by atoms with van der Waals surface area (Å²) >= 11 is 0. The van der Waals surface area contributed by atoms with Crippen LogP contribution in [-0.2, 0) is 11.2 Å². The van der Waals surface area contributed by atoms with Gasteiger partial charge in [0.15, 0.2) is 0 Å². The Hall–Kier alpha value is -3.45. The second kappa shape index (κ2) is 8.35. The minimum atomic E-state index is -0.358. The number of nitrogens with one attached hydrogen (secondary N) is 3. The predicted octanol–water partition coefficient (Wildman–Crippen LogP) is 3.51. The van der Waals surface area contributed by atoms with E-state index >= 15 is 0 Å². The van der Waals surface area contributed by atoms with Crippen LogP contribution < -0.4 is 10.6 Å². The predicted molar refractivity (Wildman–Crippen MR) is 121 cm³/mol. The van der Waals surface area contributed by atoms with E-state index in [9.17, 15) is 4.79 Å². The van der Waals surface area contributed by atoms with Gasteiger partial charge < -0.3 is 20.4 Å². The number of esters is 1. The first kappa shape index (κ1) is 19.5. The Morgan fingerprint density at radius 1 is 1.19 bits per heavy atom. The normalized spacial score (nSPS) is 16.1. The molecule has 1 fully saturated rings. The molecule has 1 saturated heterocycles. The van der Waals surface area contributed by atoms with Crippen LogP contribution in [0, 0.1) is 5.92 Å². The summed E-state index contributed by atoms with van der Waals surface area (Å²) in [7, 11) is 1.39. The van der Waals surface area contributed by atoms with Gasteiger partial charge in [-0.3, -0.25) is 0 Å². The summed E-state index contributed by atoms with van der Waals surface area (Å²) in [5.74, 6) is 1.81. The van der Waals surface area contributed by atoms with E-state index in [1.165, 1.54) is 7.11 Å². The van der Waals surface area contributed by atoms with Gasteiger partial charge in [0.05, 0.1) is 18.1 Å². The molecule has 2 aromatic heterocycles. The molecule has 4 aromatic rings. The summed E-state index contributed by atoms with van der Waals surface area (Å²) < 4.78 is 4.86. The van der Waals surface area contributed by atoms with E-state index in [-0.39, 0.29) is 5.97 Å². The highest BCUT2D eigenvalue weighted by atomic mass is 16.5. The van der Waals surface area contributed by atoms with Gasteiger partial charge in [0.25, 0.3) is 0 Å². The molecule has 0 radical (unpaired) electrons. The van der Waals surface area contributed by atoms with Crippen molar-refractivity contribution in [3.05, 3.63) is 65.5 Å². The number of fused-ring (bicyclic) bond motifs is 3. The fraction of sp³-hybridized carbons (Fsp3) is 0.292. The molecule has 5 rings (SSSR count). The standard InChI is InChI=1S/C24H25N5O2/c1-31-24(30)17-7-8-18-19(12-17)27-23-21(18)22(26-14-16-9-10-25-13-16)28-20(29-23)11-15-5-3-2-4-6-15/h2-8,12,16,25H,9-11,13-14H2,1H3,(H2,26,27,28,29). The molecule has 1 aliphatic heterocycles. The number of hydrogen-bond donors (Lipinski definition) is 3. The molecule has 3 heterocycles. The van der Waals surface area contributed by atoms with Gasteiger partial charge in [0.2, 0.25) is 0 Å². The Bertz CT molecular complexity index is 1230. The van der Waals surface area contributed by atoms with Crippen molar-refractivity contribution in [3.63, 3.8) is 0 Å².